The molecule has 17 heavy (non-hydrogen) atoms. The van der Waals surface area contributed by atoms with E-state index in [1.54, 1.807) is 23.9 Å². The predicted molar refractivity (Wildman–Crippen MR) is 58.3 cm³/mol. The molecule has 1 aromatic heterocycles. The van der Waals surface area contributed by atoms with Crippen LogP contribution in [0.3, 0.4) is 0 Å². The van der Waals surface area contributed by atoms with Gasteiger partial charge >= 0.3 is 0 Å². The van der Waals surface area contributed by atoms with E-state index in [-0.39, 0.29) is 12.1 Å². The zero-order chi connectivity index (χ0) is 12.4. The second-order valence-corrected chi connectivity index (χ2v) is 3.81. The fourth-order valence-corrected chi connectivity index (χ4v) is 1.65. The molecule has 5 heteroatoms. The number of aliphatic hydroxyl groups is 1. The fraction of sp³-hybridized carbons (Fsp3) is 0.250. The van der Waals surface area contributed by atoms with Crippen molar-refractivity contribution in [3.05, 3.63) is 53.6 Å². The summed E-state index contributed by atoms with van der Waals surface area (Å²) >= 11 is 0. The highest BCUT2D eigenvalue weighted by atomic mass is 19.1. The third-order valence-electron chi connectivity index (χ3n) is 2.61. The van der Waals surface area contributed by atoms with E-state index in [9.17, 15) is 13.9 Å². The van der Waals surface area contributed by atoms with Gasteiger partial charge in [-0.15, -0.1) is 0 Å². The van der Waals surface area contributed by atoms with Gasteiger partial charge < -0.3 is 9.67 Å². The first kappa shape index (κ1) is 11.7. The lowest BCUT2D eigenvalue weighted by molar-refractivity contribution is 0.151. The summed E-state index contributed by atoms with van der Waals surface area (Å²) in [4.78, 5) is 4.00. The third kappa shape index (κ3) is 2.50. The van der Waals surface area contributed by atoms with Crippen molar-refractivity contribution in [2.24, 2.45) is 0 Å². The average Bonchev–Trinajstić information content (AvgIpc) is 2.64. The number of imidazole rings is 1. The van der Waals surface area contributed by atoms with Gasteiger partial charge in [-0.3, -0.25) is 0 Å². The van der Waals surface area contributed by atoms with Crippen LogP contribution in [0.25, 0.3) is 0 Å². The largest absolute Gasteiger partial charge is 0.386 e. The van der Waals surface area contributed by atoms with Gasteiger partial charge in [-0.2, -0.15) is 0 Å². The number of aromatic nitrogens is 2. The van der Waals surface area contributed by atoms with Crippen LogP contribution in [0.1, 0.15) is 17.5 Å². The van der Waals surface area contributed by atoms with Gasteiger partial charge in [-0.25, -0.2) is 13.8 Å². The Morgan fingerprint density at radius 3 is 2.76 bits per heavy atom. The summed E-state index contributed by atoms with van der Waals surface area (Å²) in [5.41, 5.74) is 0.0829. The second kappa shape index (κ2) is 4.63. The number of aryl methyl sites for hydroxylation is 1. The van der Waals surface area contributed by atoms with Crippen LogP contribution in [-0.4, -0.2) is 14.7 Å². The zero-order valence-electron chi connectivity index (χ0n) is 9.27. The Morgan fingerprint density at radius 2 is 2.18 bits per heavy atom. The molecule has 1 N–H and O–H groups in total. The normalized spacial score (nSPS) is 12.7. The zero-order valence-corrected chi connectivity index (χ0v) is 9.27. The summed E-state index contributed by atoms with van der Waals surface area (Å²) in [5, 5.41) is 9.88. The summed E-state index contributed by atoms with van der Waals surface area (Å²) < 4.78 is 27.8. The topological polar surface area (TPSA) is 38.0 Å². The number of halogens is 2. The van der Waals surface area contributed by atoms with Crippen molar-refractivity contribution in [3.63, 3.8) is 0 Å². The molecule has 0 saturated carbocycles. The predicted octanol–water partition coefficient (Wildman–Crippen LogP) is 2.20. The Labute approximate surface area is 97.3 Å². The SMILES string of the molecule is Cc1nccn1CC(O)c1ccc(F)cc1F. The molecule has 90 valence electrons. The molecule has 1 atom stereocenters. The molecular formula is C12H12F2N2O. The Hall–Kier alpha value is -1.75. The highest BCUT2D eigenvalue weighted by molar-refractivity contribution is 5.20. The van der Waals surface area contributed by atoms with Crippen LogP contribution in [0.2, 0.25) is 0 Å². The molecule has 0 bridgehead atoms. The minimum atomic E-state index is -1.02. The third-order valence-corrected chi connectivity index (χ3v) is 2.61. The van der Waals surface area contributed by atoms with Crippen molar-refractivity contribution >= 4 is 0 Å². The molecule has 1 unspecified atom stereocenters. The molecule has 0 amide bonds. The molecule has 2 rings (SSSR count). The van der Waals surface area contributed by atoms with E-state index in [2.05, 4.69) is 4.98 Å². The minimum absolute atomic E-state index is 0.0829. The van der Waals surface area contributed by atoms with Gasteiger partial charge in [0.25, 0.3) is 0 Å². The molecule has 0 aliphatic carbocycles. The second-order valence-electron chi connectivity index (χ2n) is 3.81. The maximum absolute atomic E-state index is 13.4. The lowest BCUT2D eigenvalue weighted by Gasteiger charge is -2.13. The van der Waals surface area contributed by atoms with Gasteiger partial charge in [-0.1, -0.05) is 6.07 Å². The Bertz CT molecular complexity index is 525. The number of hydrogen-bond donors (Lipinski definition) is 1. The van der Waals surface area contributed by atoms with Crippen molar-refractivity contribution in [1.29, 1.82) is 0 Å². The molecule has 0 spiro atoms. The first-order chi connectivity index (χ1) is 8.08. The van der Waals surface area contributed by atoms with Gasteiger partial charge in [0.05, 0.1) is 12.6 Å². The van der Waals surface area contributed by atoms with E-state index in [1.807, 2.05) is 0 Å². The minimum Gasteiger partial charge on any atom is -0.386 e. The van der Waals surface area contributed by atoms with E-state index in [1.165, 1.54) is 6.07 Å². The van der Waals surface area contributed by atoms with Crippen LogP contribution < -0.4 is 0 Å². The average molecular weight is 238 g/mol. The maximum atomic E-state index is 13.4. The highest BCUT2D eigenvalue weighted by Gasteiger charge is 2.14. The van der Waals surface area contributed by atoms with Crippen LogP contribution in [0, 0.1) is 18.6 Å². The fourth-order valence-electron chi connectivity index (χ4n) is 1.65. The Balaban J connectivity index is 2.20. The van der Waals surface area contributed by atoms with E-state index >= 15 is 0 Å². The molecule has 1 heterocycles. The van der Waals surface area contributed by atoms with Gasteiger partial charge in [0.15, 0.2) is 0 Å². The summed E-state index contributed by atoms with van der Waals surface area (Å²) in [6.45, 7) is 1.97. The monoisotopic (exact) mass is 238 g/mol. The maximum Gasteiger partial charge on any atom is 0.131 e. The van der Waals surface area contributed by atoms with Crippen molar-refractivity contribution in [3.8, 4) is 0 Å². The lowest BCUT2D eigenvalue weighted by Crippen LogP contribution is -2.11. The summed E-state index contributed by atoms with van der Waals surface area (Å²) in [5.74, 6) is -0.668. The molecule has 3 nitrogen and oxygen atoms in total. The van der Waals surface area contributed by atoms with Crippen molar-refractivity contribution in [1.82, 2.24) is 9.55 Å². The molecule has 2 aromatic rings. The molecule has 0 fully saturated rings. The number of rotatable bonds is 3. The van der Waals surface area contributed by atoms with Gasteiger partial charge in [0.1, 0.15) is 17.5 Å². The van der Waals surface area contributed by atoms with Crippen LogP contribution >= 0.6 is 0 Å². The number of nitrogens with zero attached hydrogens (tertiary/aromatic N) is 2. The molecular weight excluding hydrogens is 226 g/mol. The summed E-state index contributed by atoms with van der Waals surface area (Å²) in [7, 11) is 0. The summed E-state index contributed by atoms with van der Waals surface area (Å²) in [6.07, 6.45) is 2.27. The first-order valence-electron chi connectivity index (χ1n) is 5.18. The Morgan fingerprint density at radius 1 is 1.41 bits per heavy atom. The summed E-state index contributed by atoms with van der Waals surface area (Å²) in [6, 6.07) is 3.14. The molecule has 0 aliphatic rings. The van der Waals surface area contributed by atoms with Crippen LogP contribution in [0.15, 0.2) is 30.6 Å². The van der Waals surface area contributed by atoms with Crippen LogP contribution in [0.5, 0.6) is 0 Å². The van der Waals surface area contributed by atoms with Gasteiger partial charge in [0.2, 0.25) is 0 Å². The number of hydrogen-bond acceptors (Lipinski definition) is 2. The van der Waals surface area contributed by atoms with E-state index in [0.29, 0.717) is 0 Å². The quantitative estimate of drug-likeness (QED) is 0.890. The van der Waals surface area contributed by atoms with E-state index in [4.69, 9.17) is 0 Å². The molecule has 0 aliphatic heterocycles. The molecule has 1 aromatic carbocycles. The highest BCUT2D eigenvalue weighted by Crippen LogP contribution is 2.20. The first-order valence-corrected chi connectivity index (χ1v) is 5.18. The number of aliphatic hydroxyl groups excluding tert-OH is 1. The standard InChI is InChI=1S/C12H12F2N2O/c1-8-15-4-5-16(8)7-12(17)10-3-2-9(13)6-11(10)14/h2-6,12,17H,7H2,1H3. The van der Waals surface area contributed by atoms with Crippen LogP contribution in [-0.2, 0) is 6.54 Å². The van der Waals surface area contributed by atoms with Gasteiger partial charge in [0, 0.05) is 24.0 Å². The number of benzene rings is 1. The van der Waals surface area contributed by atoms with Crippen molar-refractivity contribution < 1.29 is 13.9 Å². The van der Waals surface area contributed by atoms with E-state index < -0.39 is 17.7 Å². The van der Waals surface area contributed by atoms with Crippen molar-refractivity contribution in [2.45, 2.75) is 19.6 Å². The van der Waals surface area contributed by atoms with Crippen molar-refractivity contribution in [2.75, 3.05) is 0 Å². The van der Waals surface area contributed by atoms with E-state index in [0.717, 1.165) is 18.0 Å². The van der Waals surface area contributed by atoms with Gasteiger partial charge in [-0.05, 0) is 13.0 Å². The smallest absolute Gasteiger partial charge is 0.131 e. The lowest BCUT2D eigenvalue weighted by atomic mass is 10.1. The van der Waals surface area contributed by atoms with Crippen LogP contribution in [0.4, 0.5) is 8.78 Å². The molecule has 0 radical (unpaired) electrons. The Kier molecular flexibility index (Phi) is 3.19. The molecule has 0 saturated heterocycles.